The standard InChI is InChI=1S/C17H14F3N3O/c1-11-6-2-3-7-12(11)16-23-22-15(24-16)10-21-14-9-5-4-8-13(14)17(18,19)20/h2-9,21H,10H2,1H3. The van der Waals surface area contributed by atoms with Crippen molar-refractivity contribution in [3.05, 3.63) is 65.5 Å². The number of hydrogen-bond donors (Lipinski definition) is 1. The van der Waals surface area contributed by atoms with Crippen LogP contribution >= 0.6 is 0 Å². The van der Waals surface area contributed by atoms with Crippen molar-refractivity contribution in [2.75, 3.05) is 5.32 Å². The van der Waals surface area contributed by atoms with Crippen molar-refractivity contribution in [3.8, 4) is 11.5 Å². The molecule has 0 spiro atoms. The van der Waals surface area contributed by atoms with E-state index in [1.165, 1.54) is 18.2 Å². The molecule has 0 unspecified atom stereocenters. The molecule has 0 aliphatic carbocycles. The highest BCUT2D eigenvalue weighted by atomic mass is 19.4. The van der Waals surface area contributed by atoms with Gasteiger partial charge in [0, 0.05) is 11.3 Å². The number of anilines is 1. The van der Waals surface area contributed by atoms with E-state index in [1.54, 1.807) is 0 Å². The van der Waals surface area contributed by atoms with Crippen LogP contribution in [0.4, 0.5) is 18.9 Å². The fourth-order valence-corrected chi connectivity index (χ4v) is 2.30. The SMILES string of the molecule is Cc1ccccc1-c1nnc(CNc2ccccc2C(F)(F)F)o1. The van der Waals surface area contributed by atoms with Crippen LogP contribution in [-0.2, 0) is 12.7 Å². The lowest BCUT2D eigenvalue weighted by Crippen LogP contribution is -2.10. The van der Waals surface area contributed by atoms with Crippen LogP contribution in [0.1, 0.15) is 17.0 Å². The highest BCUT2D eigenvalue weighted by Crippen LogP contribution is 2.34. The van der Waals surface area contributed by atoms with Gasteiger partial charge in [-0.3, -0.25) is 0 Å². The van der Waals surface area contributed by atoms with Crippen LogP contribution in [0.5, 0.6) is 0 Å². The minimum atomic E-state index is -4.43. The summed E-state index contributed by atoms with van der Waals surface area (Å²) in [7, 11) is 0. The molecule has 4 nitrogen and oxygen atoms in total. The summed E-state index contributed by atoms with van der Waals surface area (Å²) in [6, 6.07) is 12.8. The van der Waals surface area contributed by atoms with E-state index in [0.717, 1.165) is 17.2 Å². The number of aromatic nitrogens is 2. The zero-order valence-corrected chi connectivity index (χ0v) is 12.8. The van der Waals surface area contributed by atoms with Crippen LogP contribution in [0.15, 0.2) is 52.9 Å². The monoisotopic (exact) mass is 333 g/mol. The van der Waals surface area contributed by atoms with Crippen LogP contribution in [0, 0.1) is 6.92 Å². The molecule has 3 aromatic rings. The third kappa shape index (κ3) is 3.40. The van der Waals surface area contributed by atoms with Gasteiger partial charge in [0.05, 0.1) is 12.1 Å². The van der Waals surface area contributed by atoms with Crippen molar-refractivity contribution in [1.29, 1.82) is 0 Å². The van der Waals surface area contributed by atoms with Gasteiger partial charge in [0.15, 0.2) is 0 Å². The molecule has 1 aromatic heterocycles. The molecule has 0 amide bonds. The normalized spacial score (nSPS) is 11.5. The summed E-state index contributed by atoms with van der Waals surface area (Å²) in [6.07, 6.45) is -4.43. The Hall–Kier alpha value is -2.83. The van der Waals surface area contributed by atoms with Crippen LogP contribution in [0.2, 0.25) is 0 Å². The molecule has 0 radical (unpaired) electrons. The Morgan fingerprint density at radius 3 is 2.46 bits per heavy atom. The van der Waals surface area contributed by atoms with Gasteiger partial charge >= 0.3 is 6.18 Å². The molecule has 1 N–H and O–H groups in total. The molecule has 0 bridgehead atoms. The zero-order valence-electron chi connectivity index (χ0n) is 12.8. The first-order valence-electron chi connectivity index (χ1n) is 7.23. The summed E-state index contributed by atoms with van der Waals surface area (Å²) in [5.74, 6) is 0.555. The minimum Gasteiger partial charge on any atom is -0.419 e. The first-order valence-corrected chi connectivity index (χ1v) is 7.23. The lowest BCUT2D eigenvalue weighted by molar-refractivity contribution is -0.137. The Morgan fingerprint density at radius 2 is 1.71 bits per heavy atom. The van der Waals surface area contributed by atoms with Gasteiger partial charge in [0.25, 0.3) is 0 Å². The van der Waals surface area contributed by atoms with Crippen molar-refractivity contribution in [2.24, 2.45) is 0 Å². The number of aryl methyl sites for hydroxylation is 1. The van der Waals surface area contributed by atoms with Crippen molar-refractivity contribution >= 4 is 5.69 Å². The molecule has 7 heteroatoms. The summed E-state index contributed by atoms with van der Waals surface area (Å²) in [6.45, 7) is 1.92. The van der Waals surface area contributed by atoms with Gasteiger partial charge < -0.3 is 9.73 Å². The molecule has 3 rings (SSSR count). The number of hydrogen-bond acceptors (Lipinski definition) is 4. The summed E-state index contributed by atoms with van der Waals surface area (Å²) >= 11 is 0. The molecule has 0 atom stereocenters. The number of rotatable bonds is 4. The average Bonchev–Trinajstić information content (AvgIpc) is 3.01. The lowest BCUT2D eigenvalue weighted by Gasteiger charge is -2.13. The fraction of sp³-hybridized carbons (Fsp3) is 0.176. The van der Waals surface area contributed by atoms with Gasteiger partial charge in [-0.1, -0.05) is 30.3 Å². The fourth-order valence-electron chi connectivity index (χ4n) is 2.30. The van der Waals surface area contributed by atoms with Gasteiger partial charge in [-0.05, 0) is 30.7 Å². The number of alkyl halides is 3. The first-order chi connectivity index (χ1) is 11.4. The zero-order chi connectivity index (χ0) is 17.2. The predicted molar refractivity (Wildman–Crippen MR) is 83.2 cm³/mol. The second-order valence-corrected chi connectivity index (χ2v) is 5.21. The molecule has 0 saturated carbocycles. The maximum absolute atomic E-state index is 13.0. The maximum atomic E-state index is 13.0. The Morgan fingerprint density at radius 1 is 1.00 bits per heavy atom. The van der Waals surface area contributed by atoms with E-state index in [1.807, 2.05) is 31.2 Å². The van der Waals surface area contributed by atoms with Crippen LogP contribution in [0.25, 0.3) is 11.5 Å². The van der Waals surface area contributed by atoms with Crippen molar-refractivity contribution in [1.82, 2.24) is 10.2 Å². The number of para-hydroxylation sites is 1. The summed E-state index contributed by atoms with van der Waals surface area (Å²) in [5.41, 5.74) is 1.01. The number of nitrogens with zero attached hydrogens (tertiary/aromatic N) is 2. The third-order valence-electron chi connectivity index (χ3n) is 3.50. The summed E-state index contributed by atoms with van der Waals surface area (Å²) < 4.78 is 44.4. The molecule has 2 aromatic carbocycles. The molecule has 0 aliphatic heterocycles. The molecular weight excluding hydrogens is 319 g/mol. The number of halogens is 3. The Labute approximate surface area is 136 Å². The van der Waals surface area contributed by atoms with Crippen molar-refractivity contribution < 1.29 is 17.6 Å². The van der Waals surface area contributed by atoms with E-state index in [2.05, 4.69) is 15.5 Å². The molecule has 1 heterocycles. The van der Waals surface area contributed by atoms with E-state index in [4.69, 9.17) is 4.42 Å². The number of nitrogens with one attached hydrogen (secondary N) is 1. The summed E-state index contributed by atoms with van der Waals surface area (Å²) in [4.78, 5) is 0. The molecule has 24 heavy (non-hydrogen) atoms. The van der Waals surface area contributed by atoms with E-state index >= 15 is 0 Å². The lowest BCUT2D eigenvalue weighted by atomic mass is 10.1. The van der Waals surface area contributed by atoms with E-state index in [-0.39, 0.29) is 18.1 Å². The first kappa shape index (κ1) is 16.0. The molecule has 0 aliphatic rings. The second-order valence-electron chi connectivity index (χ2n) is 5.21. The molecule has 124 valence electrons. The third-order valence-corrected chi connectivity index (χ3v) is 3.50. The van der Waals surface area contributed by atoms with Crippen LogP contribution in [-0.4, -0.2) is 10.2 Å². The minimum absolute atomic E-state index is 0.00593. The number of benzene rings is 2. The Bertz CT molecular complexity index is 843. The predicted octanol–water partition coefficient (Wildman–Crippen LogP) is 4.68. The van der Waals surface area contributed by atoms with Gasteiger partial charge in [-0.15, -0.1) is 10.2 Å². The average molecular weight is 333 g/mol. The van der Waals surface area contributed by atoms with E-state index < -0.39 is 11.7 Å². The van der Waals surface area contributed by atoms with Gasteiger partial charge in [-0.2, -0.15) is 13.2 Å². The molecule has 0 fully saturated rings. The molecule has 0 saturated heterocycles. The van der Waals surface area contributed by atoms with E-state index in [9.17, 15) is 13.2 Å². The largest absolute Gasteiger partial charge is 0.419 e. The van der Waals surface area contributed by atoms with E-state index in [0.29, 0.717) is 5.89 Å². The van der Waals surface area contributed by atoms with Crippen molar-refractivity contribution in [3.63, 3.8) is 0 Å². The van der Waals surface area contributed by atoms with Gasteiger partial charge in [0.2, 0.25) is 11.8 Å². The van der Waals surface area contributed by atoms with Gasteiger partial charge in [-0.25, -0.2) is 0 Å². The smallest absolute Gasteiger partial charge is 0.418 e. The van der Waals surface area contributed by atoms with Crippen LogP contribution < -0.4 is 5.32 Å². The summed E-state index contributed by atoms with van der Waals surface area (Å²) in [5, 5.41) is 10.5. The highest BCUT2D eigenvalue weighted by molar-refractivity contribution is 5.57. The van der Waals surface area contributed by atoms with Gasteiger partial charge in [0.1, 0.15) is 0 Å². The van der Waals surface area contributed by atoms with Crippen molar-refractivity contribution in [2.45, 2.75) is 19.6 Å². The molecular formula is C17H14F3N3O. The quantitative estimate of drug-likeness (QED) is 0.753. The highest BCUT2D eigenvalue weighted by Gasteiger charge is 2.33. The Balaban J connectivity index is 1.77. The maximum Gasteiger partial charge on any atom is 0.418 e. The topological polar surface area (TPSA) is 51.0 Å². The second kappa shape index (κ2) is 6.35. The van der Waals surface area contributed by atoms with Crippen LogP contribution in [0.3, 0.4) is 0 Å². The Kier molecular flexibility index (Phi) is 4.24.